The number of nitro groups is 1. The van der Waals surface area contributed by atoms with Crippen molar-refractivity contribution in [1.29, 1.82) is 0 Å². The number of hydrogen-bond donors (Lipinski definition) is 0. The lowest BCUT2D eigenvalue weighted by atomic mass is 10.2. The van der Waals surface area contributed by atoms with Crippen molar-refractivity contribution in [2.24, 2.45) is 0 Å². The Labute approximate surface area is 169 Å². The zero-order chi connectivity index (χ0) is 20.6. The molecule has 0 unspecified atom stereocenters. The number of methoxy groups -OCH3 is 1. The minimum absolute atomic E-state index is 0.0566. The fraction of sp³-hybridized carbons (Fsp3) is 0.381. The highest BCUT2D eigenvalue weighted by atomic mass is 16.6. The molecule has 0 N–H and O–H groups in total. The zero-order valence-corrected chi connectivity index (χ0v) is 16.5. The highest BCUT2D eigenvalue weighted by Crippen LogP contribution is 2.19. The number of benzene rings is 2. The number of rotatable bonds is 7. The van der Waals surface area contributed by atoms with Gasteiger partial charge in [-0.05, 0) is 30.2 Å². The van der Waals surface area contributed by atoms with Crippen LogP contribution in [0.4, 0.5) is 5.69 Å². The summed E-state index contributed by atoms with van der Waals surface area (Å²) in [5, 5.41) is 10.8. The van der Waals surface area contributed by atoms with Crippen molar-refractivity contribution in [1.82, 2.24) is 9.80 Å². The van der Waals surface area contributed by atoms with E-state index < -0.39 is 4.92 Å². The van der Waals surface area contributed by atoms with Crippen LogP contribution in [0.2, 0.25) is 0 Å². The summed E-state index contributed by atoms with van der Waals surface area (Å²) in [6.45, 7) is 3.72. The third-order valence-corrected chi connectivity index (χ3v) is 4.90. The minimum Gasteiger partial charge on any atom is -0.497 e. The van der Waals surface area contributed by atoms with Crippen LogP contribution in [0, 0.1) is 10.1 Å². The molecule has 0 bridgehead atoms. The first-order valence-electron chi connectivity index (χ1n) is 9.55. The second-order valence-corrected chi connectivity index (χ2v) is 6.90. The van der Waals surface area contributed by atoms with E-state index in [1.807, 2.05) is 12.1 Å². The van der Waals surface area contributed by atoms with Crippen molar-refractivity contribution in [3.8, 4) is 11.5 Å². The molecule has 2 aromatic carbocycles. The molecule has 0 spiro atoms. The Morgan fingerprint density at radius 3 is 2.59 bits per heavy atom. The van der Waals surface area contributed by atoms with Gasteiger partial charge in [-0.3, -0.25) is 19.8 Å². The summed E-state index contributed by atoms with van der Waals surface area (Å²) in [5.41, 5.74) is 1.15. The van der Waals surface area contributed by atoms with Gasteiger partial charge >= 0.3 is 0 Å². The smallest absolute Gasteiger partial charge is 0.273 e. The highest BCUT2D eigenvalue weighted by Gasteiger charge is 2.20. The molecule has 1 aliphatic rings. The summed E-state index contributed by atoms with van der Waals surface area (Å²) in [5.74, 6) is 1.05. The van der Waals surface area contributed by atoms with Gasteiger partial charge in [0.1, 0.15) is 11.5 Å². The summed E-state index contributed by atoms with van der Waals surface area (Å²) in [7, 11) is 1.65. The van der Waals surface area contributed by atoms with E-state index in [1.54, 1.807) is 24.1 Å². The normalized spacial score (nSPS) is 14.9. The van der Waals surface area contributed by atoms with Crippen LogP contribution in [0.15, 0.2) is 48.5 Å². The summed E-state index contributed by atoms with van der Waals surface area (Å²) < 4.78 is 10.7. The highest BCUT2D eigenvalue weighted by molar-refractivity contribution is 5.77. The Kier molecular flexibility index (Phi) is 7.02. The number of carbonyl (C=O) groups excluding carboxylic acids is 1. The van der Waals surface area contributed by atoms with Crippen molar-refractivity contribution in [2.45, 2.75) is 13.0 Å². The van der Waals surface area contributed by atoms with Crippen molar-refractivity contribution in [2.75, 3.05) is 39.9 Å². The maximum Gasteiger partial charge on any atom is 0.273 e. The lowest BCUT2D eigenvalue weighted by Crippen LogP contribution is -2.38. The van der Waals surface area contributed by atoms with Crippen LogP contribution in [0.25, 0.3) is 0 Å². The molecule has 154 valence electrons. The van der Waals surface area contributed by atoms with Crippen LogP contribution in [0.5, 0.6) is 11.5 Å². The second-order valence-electron chi connectivity index (χ2n) is 6.90. The quantitative estimate of drug-likeness (QED) is 0.526. The molecule has 1 heterocycles. The lowest BCUT2D eigenvalue weighted by Gasteiger charge is -2.22. The largest absolute Gasteiger partial charge is 0.497 e. The second kappa shape index (κ2) is 9.88. The average molecular weight is 399 g/mol. The van der Waals surface area contributed by atoms with E-state index in [-0.39, 0.29) is 18.2 Å². The van der Waals surface area contributed by atoms with Gasteiger partial charge in [0, 0.05) is 38.8 Å². The Bertz CT molecular complexity index is 840. The molecule has 0 aliphatic carbocycles. The van der Waals surface area contributed by atoms with E-state index in [0.717, 1.165) is 31.8 Å². The van der Waals surface area contributed by atoms with E-state index in [9.17, 15) is 14.9 Å². The predicted octanol–water partition coefficient (Wildman–Crippen LogP) is 2.72. The van der Waals surface area contributed by atoms with Gasteiger partial charge in [0.05, 0.1) is 18.1 Å². The Hall–Kier alpha value is -3.13. The molecule has 8 nitrogen and oxygen atoms in total. The van der Waals surface area contributed by atoms with Crippen molar-refractivity contribution in [3.05, 3.63) is 64.2 Å². The third kappa shape index (κ3) is 5.92. The molecule has 2 aromatic rings. The lowest BCUT2D eigenvalue weighted by molar-refractivity contribution is -0.384. The molecule has 0 saturated carbocycles. The van der Waals surface area contributed by atoms with Gasteiger partial charge in [-0.15, -0.1) is 0 Å². The van der Waals surface area contributed by atoms with Crippen molar-refractivity contribution >= 4 is 11.6 Å². The summed E-state index contributed by atoms with van der Waals surface area (Å²) in [4.78, 5) is 27.0. The topological polar surface area (TPSA) is 85.2 Å². The van der Waals surface area contributed by atoms with Gasteiger partial charge in [0.2, 0.25) is 0 Å². The van der Waals surface area contributed by atoms with Crippen LogP contribution in [0.3, 0.4) is 0 Å². The summed E-state index contributed by atoms with van der Waals surface area (Å²) >= 11 is 0. The van der Waals surface area contributed by atoms with Gasteiger partial charge < -0.3 is 14.4 Å². The van der Waals surface area contributed by atoms with Gasteiger partial charge in [-0.2, -0.15) is 0 Å². The number of carbonyl (C=O) groups is 1. The predicted molar refractivity (Wildman–Crippen MR) is 108 cm³/mol. The van der Waals surface area contributed by atoms with Gasteiger partial charge in [0.15, 0.2) is 6.61 Å². The zero-order valence-electron chi connectivity index (χ0n) is 16.5. The summed E-state index contributed by atoms with van der Waals surface area (Å²) in [6, 6.07) is 13.9. The molecule has 1 fully saturated rings. The molecule has 1 saturated heterocycles. The summed E-state index contributed by atoms with van der Waals surface area (Å²) in [6.07, 6.45) is 0.888. The number of nitrogens with zero attached hydrogens (tertiary/aromatic N) is 3. The minimum atomic E-state index is -0.485. The molecule has 3 rings (SSSR count). The van der Waals surface area contributed by atoms with Crippen LogP contribution >= 0.6 is 0 Å². The Morgan fingerprint density at radius 1 is 1.07 bits per heavy atom. The van der Waals surface area contributed by atoms with Gasteiger partial charge in [-0.25, -0.2) is 0 Å². The van der Waals surface area contributed by atoms with E-state index in [1.165, 1.54) is 17.7 Å². The molecular formula is C21H25N3O5. The molecule has 1 amide bonds. The number of amides is 1. The first kappa shape index (κ1) is 20.6. The van der Waals surface area contributed by atoms with E-state index in [0.29, 0.717) is 18.8 Å². The molecule has 1 aliphatic heterocycles. The first-order chi connectivity index (χ1) is 14.0. The maximum atomic E-state index is 12.5. The fourth-order valence-corrected chi connectivity index (χ4v) is 3.29. The Balaban J connectivity index is 1.48. The number of non-ortho nitro benzene ring substituents is 1. The number of ether oxygens (including phenoxy) is 2. The molecule has 0 aromatic heterocycles. The average Bonchev–Trinajstić information content (AvgIpc) is 2.98. The molecular weight excluding hydrogens is 374 g/mol. The molecule has 29 heavy (non-hydrogen) atoms. The van der Waals surface area contributed by atoms with E-state index in [4.69, 9.17) is 9.47 Å². The Morgan fingerprint density at radius 2 is 1.86 bits per heavy atom. The monoisotopic (exact) mass is 399 g/mol. The standard InChI is InChI=1S/C21H25N3O5/c1-28-19-8-6-17(7-9-19)15-22-10-3-11-23(13-12-22)21(25)16-29-20-5-2-4-18(14-20)24(26)27/h2,4-9,14H,3,10-13,15-16H2,1H3. The number of hydrogen-bond acceptors (Lipinski definition) is 6. The van der Waals surface area contributed by atoms with E-state index in [2.05, 4.69) is 17.0 Å². The van der Waals surface area contributed by atoms with Crippen LogP contribution in [-0.4, -0.2) is 60.5 Å². The SMILES string of the molecule is COc1ccc(CN2CCCN(C(=O)COc3cccc([N+](=O)[O-])c3)CC2)cc1. The number of nitro benzene ring substituents is 1. The maximum absolute atomic E-state index is 12.5. The molecule has 0 atom stereocenters. The third-order valence-electron chi connectivity index (χ3n) is 4.90. The van der Waals surface area contributed by atoms with Crippen LogP contribution in [0.1, 0.15) is 12.0 Å². The van der Waals surface area contributed by atoms with Crippen molar-refractivity contribution in [3.63, 3.8) is 0 Å². The first-order valence-corrected chi connectivity index (χ1v) is 9.55. The van der Waals surface area contributed by atoms with Crippen LogP contribution < -0.4 is 9.47 Å². The van der Waals surface area contributed by atoms with Crippen molar-refractivity contribution < 1.29 is 19.2 Å². The van der Waals surface area contributed by atoms with Gasteiger partial charge in [0.25, 0.3) is 11.6 Å². The van der Waals surface area contributed by atoms with E-state index >= 15 is 0 Å². The molecule has 0 radical (unpaired) electrons. The fourth-order valence-electron chi connectivity index (χ4n) is 3.29. The molecule has 8 heteroatoms. The van der Waals surface area contributed by atoms with Crippen LogP contribution in [-0.2, 0) is 11.3 Å². The van der Waals surface area contributed by atoms with Gasteiger partial charge in [-0.1, -0.05) is 18.2 Å².